The zero-order valence-corrected chi connectivity index (χ0v) is 15.9. The van der Waals surface area contributed by atoms with Gasteiger partial charge in [0.15, 0.2) is 0 Å². The molecular formula is C21H26ClN3O. The quantitative estimate of drug-likeness (QED) is 0.810. The van der Waals surface area contributed by atoms with Gasteiger partial charge in [0.25, 0.3) is 0 Å². The van der Waals surface area contributed by atoms with E-state index in [0.717, 1.165) is 43.2 Å². The minimum absolute atomic E-state index is 0.0462. The van der Waals surface area contributed by atoms with Gasteiger partial charge in [-0.2, -0.15) is 0 Å². The predicted molar refractivity (Wildman–Crippen MR) is 108 cm³/mol. The molecule has 1 saturated heterocycles. The minimum Gasteiger partial charge on any atom is -0.376 e. The molecule has 1 aliphatic heterocycles. The minimum atomic E-state index is 0.0462. The summed E-state index contributed by atoms with van der Waals surface area (Å²) >= 11 is 5.95. The molecule has 0 aromatic heterocycles. The highest BCUT2D eigenvalue weighted by atomic mass is 35.5. The number of likely N-dealkylation sites (tertiary alicyclic amines) is 1. The van der Waals surface area contributed by atoms with Crippen LogP contribution in [0.5, 0.6) is 0 Å². The second kappa shape index (κ2) is 9.06. The third-order valence-corrected chi connectivity index (χ3v) is 4.91. The summed E-state index contributed by atoms with van der Waals surface area (Å²) in [5, 5.41) is 7.12. The van der Waals surface area contributed by atoms with Crippen LogP contribution in [0.2, 0.25) is 5.02 Å². The number of hydrogen-bond acceptors (Lipinski definition) is 3. The van der Waals surface area contributed by atoms with E-state index in [1.165, 1.54) is 11.1 Å². The molecule has 26 heavy (non-hydrogen) atoms. The van der Waals surface area contributed by atoms with Crippen LogP contribution < -0.4 is 10.6 Å². The van der Waals surface area contributed by atoms with Crippen molar-refractivity contribution in [3.63, 3.8) is 0 Å². The molecule has 0 saturated carbocycles. The Morgan fingerprint density at radius 3 is 2.81 bits per heavy atom. The molecule has 2 aromatic rings. The molecule has 4 nitrogen and oxygen atoms in total. The number of rotatable bonds is 6. The number of halogens is 1. The Labute approximate surface area is 160 Å². The molecule has 3 rings (SSSR count). The maximum absolute atomic E-state index is 12.3. The Bertz CT molecular complexity index is 732. The number of aryl methyl sites for hydroxylation is 1. The van der Waals surface area contributed by atoms with E-state index in [9.17, 15) is 4.79 Å². The average Bonchev–Trinajstić information content (AvgIpc) is 2.62. The Morgan fingerprint density at radius 2 is 2.04 bits per heavy atom. The first-order valence-electron chi connectivity index (χ1n) is 9.15. The van der Waals surface area contributed by atoms with Crippen molar-refractivity contribution in [1.29, 1.82) is 0 Å². The Morgan fingerprint density at radius 1 is 1.23 bits per heavy atom. The molecule has 1 fully saturated rings. The fourth-order valence-corrected chi connectivity index (χ4v) is 3.51. The number of anilines is 1. The molecule has 1 heterocycles. The lowest BCUT2D eigenvalue weighted by Crippen LogP contribution is -2.48. The molecule has 0 bridgehead atoms. The van der Waals surface area contributed by atoms with Crippen molar-refractivity contribution in [2.45, 2.75) is 32.4 Å². The number of amides is 1. The van der Waals surface area contributed by atoms with Gasteiger partial charge in [0.05, 0.1) is 6.54 Å². The number of nitrogens with one attached hydrogen (secondary N) is 2. The smallest absolute Gasteiger partial charge is 0.239 e. The molecular weight excluding hydrogens is 346 g/mol. The van der Waals surface area contributed by atoms with Gasteiger partial charge in [0.1, 0.15) is 0 Å². The maximum Gasteiger partial charge on any atom is 0.239 e. The summed E-state index contributed by atoms with van der Waals surface area (Å²) in [5.41, 5.74) is 3.41. The van der Waals surface area contributed by atoms with Crippen LogP contribution >= 0.6 is 11.6 Å². The summed E-state index contributed by atoms with van der Waals surface area (Å²) in [5.74, 6) is 0.0462. The molecule has 0 aliphatic carbocycles. The normalized spacial score (nSPS) is 17.7. The Balaban J connectivity index is 1.45. The summed E-state index contributed by atoms with van der Waals surface area (Å²) < 4.78 is 0. The van der Waals surface area contributed by atoms with Crippen molar-refractivity contribution >= 4 is 23.2 Å². The lowest BCUT2D eigenvalue weighted by molar-refractivity contribution is -0.120. The van der Waals surface area contributed by atoms with Gasteiger partial charge in [0, 0.05) is 29.8 Å². The number of piperidine rings is 1. The highest BCUT2D eigenvalue weighted by Crippen LogP contribution is 2.16. The first-order valence-corrected chi connectivity index (χ1v) is 9.53. The van der Waals surface area contributed by atoms with Crippen LogP contribution in [0.1, 0.15) is 24.0 Å². The predicted octanol–water partition coefficient (Wildman–Crippen LogP) is 3.84. The van der Waals surface area contributed by atoms with E-state index in [1.807, 2.05) is 43.3 Å². The third-order valence-electron chi connectivity index (χ3n) is 4.66. The van der Waals surface area contributed by atoms with E-state index in [4.69, 9.17) is 11.6 Å². The summed E-state index contributed by atoms with van der Waals surface area (Å²) in [4.78, 5) is 14.7. The summed E-state index contributed by atoms with van der Waals surface area (Å²) in [6.45, 7) is 5.19. The molecule has 1 aliphatic rings. The first kappa shape index (κ1) is 18.7. The van der Waals surface area contributed by atoms with Crippen LogP contribution in [-0.2, 0) is 11.3 Å². The van der Waals surface area contributed by atoms with Crippen molar-refractivity contribution < 1.29 is 4.79 Å². The van der Waals surface area contributed by atoms with E-state index < -0.39 is 0 Å². The fourth-order valence-electron chi connectivity index (χ4n) is 3.38. The molecule has 0 radical (unpaired) electrons. The van der Waals surface area contributed by atoms with Crippen LogP contribution in [0.4, 0.5) is 5.69 Å². The molecule has 138 valence electrons. The van der Waals surface area contributed by atoms with E-state index in [2.05, 4.69) is 27.7 Å². The van der Waals surface area contributed by atoms with Gasteiger partial charge in [0.2, 0.25) is 5.91 Å². The van der Waals surface area contributed by atoms with Gasteiger partial charge in [-0.05, 0) is 61.7 Å². The number of nitrogens with zero attached hydrogens (tertiary/aromatic N) is 1. The number of hydrogen-bond donors (Lipinski definition) is 2. The summed E-state index contributed by atoms with van der Waals surface area (Å²) in [6, 6.07) is 16.3. The molecule has 0 spiro atoms. The second-order valence-electron chi connectivity index (χ2n) is 6.99. The van der Waals surface area contributed by atoms with E-state index in [1.54, 1.807) is 0 Å². The molecule has 1 atom stereocenters. The van der Waals surface area contributed by atoms with Crippen molar-refractivity contribution in [2.75, 3.05) is 25.0 Å². The van der Waals surface area contributed by atoms with Gasteiger partial charge in [-0.15, -0.1) is 0 Å². The molecule has 2 N–H and O–H groups in total. The summed E-state index contributed by atoms with van der Waals surface area (Å²) in [7, 11) is 0. The topological polar surface area (TPSA) is 44.4 Å². The van der Waals surface area contributed by atoms with Crippen LogP contribution in [0.25, 0.3) is 0 Å². The Hall–Kier alpha value is -2.04. The highest BCUT2D eigenvalue weighted by Gasteiger charge is 2.21. The first-order chi connectivity index (χ1) is 12.6. The zero-order chi connectivity index (χ0) is 18.4. The van der Waals surface area contributed by atoms with Crippen molar-refractivity contribution in [3.05, 3.63) is 64.7 Å². The van der Waals surface area contributed by atoms with Crippen LogP contribution in [-0.4, -0.2) is 36.5 Å². The van der Waals surface area contributed by atoms with Crippen LogP contribution in [0, 0.1) is 6.92 Å². The lowest BCUT2D eigenvalue weighted by Gasteiger charge is -2.33. The third kappa shape index (κ3) is 5.75. The van der Waals surface area contributed by atoms with Crippen molar-refractivity contribution in [1.82, 2.24) is 10.2 Å². The van der Waals surface area contributed by atoms with E-state index in [-0.39, 0.29) is 11.9 Å². The van der Waals surface area contributed by atoms with Crippen LogP contribution in [0.15, 0.2) is 48.5 Å². The highest BCUT2D eigenvalue weighted by molar-refractivity contribution is 6.30. The van der Waals surface area contributed by atoms with Gasteiger partial charge >= 0.3 is 0 Å². The lowest BCUT2D eigenvalue weighted by atomic mass is 10.0. The van der Waals surface area contributed by atoms with Crippen molar-refractivity contribution in [2.24, 2.45) is 0 Å². The largest absolute Gasteiger partial charge is 0.376 e. The molecule has 5 heteroatoms. The van der Waals surface area contributed by atoms with Gasteiger partial charge in [-0.1, -0.05) is 35.9 Å². The van der Waals surface area contributed by atoms with Crippen LogP contribution in [0.3, 0.4) is 0 Å². The van der Waals surface area contributed by atoms with Gasteiger partial charge < -0.3 is 10.6 Å². The van der Waals surface area contributed by atoms with Crippen molar-refractivity contribution in [3.8, 4) is 0 Å². The maximum atomic E-state index is 12.3. The Kier molecular flexibility index (Phi) is 6.53. The number of benzene rings is 2. The SMILES string of the molecule is Cc1cccc(NCC(=O)NC2CCCN(Cc3ccc(Cl)cc3)C2)c1. The number of carbonyl (C=O) groups excluding carboxylic acids is 1. The summed E-state index contributed by atoms with van der Waals surface area (Å²) in [6.07, 6.45) is 2.14. The fraction of sp³-hybridized carbons (Fsp3) is 0.381. The molecule has 2 aromatic carbocycles. The van der Waals surface area contributed by atoms with E-state index in [0.29, 0.717) is 6.54 Å². The zero-order valence-electron chi connectivity index (χ0n) is 15.2. The monoisotopic (exact) mass is 371 g/mol. The van der Waals surface area contributed by atoms with E-state index >= 15 is 0 Å². The van der Waals surface area contributed by atoms with Gasteiger partial charge in [-0.3, -0.25) is 9.69 Å². The van der Waals surface area contributed by atoms with Gasteiger partial charge in [-0.25, -0.2) is 0 Å². The molecule has 1 amide bonds. The molecule has 1 unspecified atom stereocenters. The number of carbonyl (C=O) groups is 1. The second-order valence-corrected chi connectivity index (χ2v) is 7.43. The average molecular weight is 372 g/mol. The standard InChI is InChI=1S/C21H26ClN3O/c1-16-4-2-5-19(12-16)23-13-21(26)24-20-6-3-11-25(15-20)14-17-7-9-18(22)10-8-17/h2,4-5,7-10,12,20,23H,3,6,11,13-15H2,1H3,(H,24,26).